The molecule has 4 rings (SSSR count). The lowest BCUT2D eigenvalue weighted by molar-refractivity contribution is 0.0751. The van der Waals surface area contributed by atoms with Gasteiger partial charge in [0.2, 0.25) is 5.88 Å². The number of carbonyl (C=O) groups is 1. The fourth-order valence-electron chi connectivity index (χ4n) is 3.55. The molecule has 0 saturated carbocycles. The van der Waals surface area contributed by atoms with Crippen molar-refractivity contribution in [1.29, 1.82) is 0 Å². The Morgan fingerprint density at radius 1 is 1.12 bits per heavy atom. The van der Waals surface area contributed by atoms with E-state index in [1.165, 1.54) is 0 Å². The van der Waals surface area contributed by atoms with E-state index in [9.17, 15) is 4.79 Å². The van der Waals surface area contributed by atoms with Crippen molar-refractivity contribution in [3.05, 3.63) is 36.8 Å². The fraction of sp³-hybridized carbons (Fsp3) is 0.455. The predicted molar refractivity (Wildman–Crippen MR) is 119 cm³/mol. The Hall–Kier alpha value is -3.40. The van der Waals surface area contributed by atoms with Gasteiger partial charge in [0.1, 0.15) is 12.4 Å². The minimum absolute atomic E-state index is 0.124. The van der Waals surface area contributed by atoms with Gasteiger partial charge in [0, 0.05) is 51.2 Å². The van der Waals surface area contributed by atoms with Crippen LogP contribution in [0.2, 0.25) is 0 Å². The van der Waals surface area contributed by atoms with Crippen LogP contribution < -0.4 is 9.64 Å². The molecule has 1 aliphatic heterocycles. The summed E-state index contributed by atoms with van der Waals surface area (Å²) in [4.78, 5) is 25.3. The van der Waals surface area contributed by atoms with Crippen LogP contribution in [-0.2, 0) is 9.47 Å². The van der Waals surface area contributed by atoms with E-state index in [2.05, 4.69) is 15.0 Å². The van der Waals surface area contributed by atoms with Crippen LogP contribution in [0, 0.1) is 0 Å². The van der Waals surface area contributed by atoms with E-state index in [1.807, 2.05) is 38.2 Å². The van der Waals surface area contributed by atoms with Crippen molar-refractivity contribution in [2.75, 3.05) is 51.4 Å². The van der Waals surface area contributed by atoms with Gasteiger partial charge in [0.05, 0.1) is 24.5 Å². The molecule has 1 aliphatic rings. The number of anilines is 1. The molecule has 32 heavy (non-hydrogen) atoms. The number of rotatable bonds is 7. The summed E-state index contributed by atoms with van der Waals surface area (Å²) in [5.74, 6) is 1.35. The van der Waals surface area contributed by atoms with Crippen molar-refractivity contribution < 1.29 is 19.0 Å². The fourth-order valence-corrected chi connectivity index (χ4v) is 3.55. The van der Waals surface area contributed by atoms with E-state index >= 15 is 0 Å². The average molecular weight is 441 g/mol. The third-order valence-corrected chi connectivity index (χ3v) is 5.14. The second-order valence-electron chi connectivity index (χ2n) is 7.72. The van der Waals surface area contributed by atoms with Crippen molar-refractivity contribution in [3.63, 3.8) is 0 Å². The van der Waals surface area contributed by atoms with Crippen LogP contribution in [-0.4, -0.2) is 83.2 Å². The van der Waals surface area contributed by atoms with Gasteiger partial charge in [-0.3, -0.25) is 0 Å². The highest BCUT2D eigenvalue weighted by Gasteiger charge is 2.24. The van der Waals surface area contributed by atoms with Crippen LogP contribution in [0.15, 0.2) is 36.8 Å². The normalized spacial score (nSPS) is 14.2. The van der Waals surface area contributed by atoms with E-state index < -0.39 is 0 Å². The molecule has 3 aromatic heterocycles. The van der Waals surface area contributed by atoms with Gasteiger partial charge in [0.25, 0.3) is 0 Å². The summed E-state index contributed by atoms with van der Waals surface area (Å²) >= 11 is 0. The minimum atomic E-state index is -0.265. The number of amides is 1. The predicted octanol–water partition coefficient (Wildman–Crippen LogP) is 2.48. The van der Waals surface area contributed by atoms with E-state index in [1.54, 1.807) is 28.9 Å². The monoisotopic (exact) mass is 440 g/mol. The Kier molecular flexibility index (Phi) is 6.69. The van der Waals surface area contributed by atoms with E-state index in [-0.39, 0.29) is 12.2 Å². The molecule has 1 fully saturated rings. The number of hydrogen-bond acceptors (Lipinski definition) is 8. The zero-order valence-electron chi connectivity index (χ0n) is 18.6. The first kappa shape index (κ1) is 21.8. The summed E-state index contributed by atoms with van der Waals surface area (Å²) in [5, 5.41) is 4.44. The third kappa shape index (κ3) is 4.75. The Morgan fingerprint density at radius 3 is 2.69 bits per heavy atom. The Balaban J connectivity index is 1.54. The second kappa shape index (κ2) is 9.82. The lowest BCUT2D eigenvalue weighted by atomic mass is 10.1. The summed E-state index contributed by atoms with van der Waals surface area (Å²) in [6.45, 7) is 7.12. The van der Waals surface area contributed by atoms with Gasteiger partial charge in [-0.15, -0.1) is 0 Å². The maximum absolute atomic E-state index is 12.2. The first-order valence-corrected chi connectivity index (χ1v) is 10.7. The average Bonchev–Trinajstić information content (AvgIpc) is 3.22. The molecular formula is C22H28N6O4. The SMILES string of the molecule is COCCOc1ncccc1-c1cnn2ccc(N3CCN(C(=O)OC(C)C)CC3)nc12. The molecule has 10 heteroatoms. The van der Waals surface area contributed by atoms with Gasteiger partial charge < -0.3 is 24.0 Å². The number of hydrogen-bond donors (Lipinski definition) is 0. The number of piperazine rings is 1. The zero-order valence-corrected chi connectivity index (χ0v) is 18.6. The molecule has 170 valence electrons. The van der Waals surface area contributed by atoms with Crippen LogP contribution in [0.25, 0.3) is 16.8 Å². The van der Waals surface area contributed by atoms with Crippen LogP contribution in [0.4, 0.5) is 10.6 Å². The minimum Gasteiger partial charge on any atom is -0.475 e. The second-order valence-corrected chi connectivity index (χ2v) is 7.72. The Bertz CT molecular complexity index is 1060. The molecular weight excluding hydrogens is 412 g/mol. The van der Waals surface area contributed by atoms with Crippen LogP contribution in [0.5, 0.6) is 5.88 Å². The lowest BCUT2D eigenvalue weighted by Crippen LogP contribution is -2.49. The lowest BCUT2D eigenvalue weighted by Gasteiger charge is -2.35. The van der Waals surface area contributed by atoms with Crippen molar-refractivity contribution in [3.8, 4) is 17.0 Å². The number of carbonyl (C=O) groups excluding carboxylic acids is 1. The number of methoxy groups -OCH3 is 1. The van der Waals surface area contributed by atoms with Gasteiger partial charge in [-0.25, -0.2) is 19.3 Å². The van der Waals surface area contributed by atoms with Gasteiger partial charge in [-0.1, -0.05) is 0 Å². The first-order chi connectivity index (χ1) is 15.6. The molecule has 1 saturated heterocycles. The number of pyridine rings is 1. The summed E-state index contributed by atoms with van der Waals surface area (Å²) in [5.41, 5.74) is 2.38. The van der Waals surface area contributed by atoms with Crippen LogP contribution >= 0.6 is 0 Å². The van der Waals surface area contributed by atoms with Crippen molar-refractivity contribution in [2.45, 2.75) is 20.0 Å². The van der Waals surface area contributed by atoms with Gasteiger partial charge >= 0.3 is 6.09 Å². The maximum atomic E-state index is 12.2. The summed E-state index contributed by atoms with van der Waals surface area (Å²) in [7, 11) is 1.63. The van der Waals surface area contributed by atoms with Crippen LogP contribution in [0.1, 0.15) is 13.8 Å². The van der Waals surface area contributed by atoms with Crippen molar-refractivity contribution in [1.82, 2.24) is 24.5 Å². The van der Waals surface area contributed by atoms with Crippen LogP contribution in [0.3, 0.4) is 0 Å². The topological polar surface area (TPSA) is 94.3 Å². The molecule has 0 radical (unpaired) electrons. The van der Waals surface area contributed by atoms with Gasteiger partial charge in [-0.05, 0) is 32.0 Å². The van der Waals surface area contributed by atoms with Gasteiger partial charge in [0.15, 0.2) is 5.65 Å². The largest absolute Gasteiger partial charge is 0.475 e. The molecule has 0 atom stereocenters. The third-order valence-electron chi connectivity index (χ3n) is 5.14. The molecule has 0 N–H and O–H groups in total. The molecule has 4 heterocycles. The Morgan fingerprint density at radius 2 is 1.94 bits per heavy atom. The van der Waals surface area contributed by atoms with Gasteiger partial charge in [-0.2, -0.15) is 5.10 Å². The standard InChI is InChI=1S/C22H28N6O4/c1-16(2)32-22(29)27-11-9-26(10-12-27)19-6-8-28-20(25-19)18(15-24-28)17-5-4-7-23-21(17)31-14-13-30-3/h4-8,15-16H,9-14H2,1-3H3. The van der Waals surface area contributed by atoms with Crippen molar-refractivity contribution in [2.24, 2.45) is 0 Å². The molecule has 0 bridgehead atoms. The molecule has 0 aromatic carbocycles. The number of fused-ring (bicyclic) bond motifs is 1. The molecule has 1 amide bonds. The van der Waals surface area contributed by atoms with E-state index in [0.717, 1.165) is 16.9 Å². The highest BCUT2D eigenvalue weighted by molar-refractivity contribution is 5.80. The van der Waals surface area contributed by atoms with Crippen molar-refractivity contribution >= 4 is 17.6 Å². The summed E-state index contributed by atoms with van der Waals surface area (Å²) in [6, 6.07) is 5.74. The van der Waals surface area contributed by atoms with E-state index in [0.29, 0.717) is 50.9 Å². The zero-order chi connectivity index (χ0) is 22.5. The maximum Gasteiger partial charge on any atom is 0.410 e. The smallest absolute Gasteiger partial charge is 0.410 e. The summed E-state index contributed by atoms with van der Waals surface area (Å²) < 4.78 is 17.9. The number of aromatic nitrogens is 4. The highest BCUT2D eigenvalue weighted by atomic mass is 16.6. The molecule has 0 spiro atoms. The molecule has 10 nitrogen and oxygen atoms in total. The molecule has 0 unspecified atom stereocenters. The molecule has 3 aromatic rings. The quantitative estimate of drug-likeness (QED) is 0.517. The number of nitrogens with zero attached hydrogens (tertiary/aromatic N) is 6. The number of ether oxygens (including phenoxy) is 3. The summed E-state index contributed by atoms with van der Waals surface area (Å²) in [6.07, 6.45) is 4.97. The highest BCUT2D eigenvalue weighted by Crippen LogP contribution is 2.31. The Labute approximate surface area is 186 Å². The first-order valence-electron chi connectivity index (χ1n) is 10.7. The molecule has 0 aliphatic carbocycles. The van der Waals surface area contributed by atoms with E-state index in [4.69, 9.17) is 19.2 Å².